The lowest BCUT2D eigenvalue weighted by atomic mass is 10.2. The van der Waals surface area contributed by atoms with Crippen LogP contribution in [0.25, 0.3) is 0 Å². The van der Waals surface area contributed by atoms with Crippen LogP contribution < -0.4 is 5.73 Å². The molecule has 2 heterocycles. The molecule has 0 radical (unpaired) electrons. The first-order chi connectivity index (χ1) is 7.28. The fourth-order valence-corrected chi connectivity index (χ4v) is 1.67. The summed E-state index contributed by atoms with van der Waals surface area (Å²) < 4.78 is 10.4. The molecule has 6 nitrogen and oxygen atoms in total. The van der Waals surface area contributed by atoms with Crippen LogP contribution in [-0.2, 0) is 11.3 Å². The molecule has 84 valence electrons. The molecule has 1 aliphatic rings. The normalized spacial score (nSPS) is 23.2. The largest absolute Gasteiger partial charge is 0.374 e. The average molecular weight is 212 g/mol. The monoisotopic (exact) mass is 212 g/mol. The van der Waals surface area contributed by atoms with E-state index in [0.29, 0.717) is 19.0 Å². The van der Waals surface area contributed by atoms with Crippen molar-refractivity contribution >= 4 is 0 Å². The number of rotatable bonds is 3. The van der Waals surface area contributed by atoms with Crippen LogP contribution in [-0.4, -0.2) is 47.4 Å². The Hall–Kier alpha value is -0.980. The van der Waals surface area contributed by atoms with Gasteiger partial charge < -0.3 is 15.0 Å². The van der Waals surface area contributed by atoms with Gasteiger partial charge in [0.15, 0.2) is 5.82 Å². The second-order valence-electron chi connectivity index (χ2n) is 3.69. The van der Waals surface area contributed by atoms with Gasteiger partial charge in [-0.2, -0.15) is 4.98 Å². The fourth-order valence-electron chi connectivity index (χ4n) is 1.67. The van der Waals surface area contributed by atoms with E-state index in [9.17, 15) is 0 Å². The zero-order valence-electron chi connectivity index (χ0n) is 8.85. The van der Waals surface area contributed by atoms with E-state index in [1.165, 1.54) is 0 Å². The number of hydrogen-bond acceptors (Lipinski definition) is 6. The van der Waals surface area contributed by atoms with Crippen molar-refractivity contribution in [1.82, 2.24) is 15.0 Å². The van der Waals surface area contributed by atoms with E-state index in [0.717, 1.165) is 25.5 Å². The third-order valence-electron chi connectivity index (χ3n) is 2.42. The SMILES string of the molecule is Cc1nc(CN2CCOC(CN)C2)no1. The summed E-state index contributed by atoms with van der Waals surface area (Å²) in [6.07, 6.45) is 0.131. The lowest BCUT2D eigenvalue weighted by Gasteiger charge is -2.31. The molecule has 15 heavy (non-hydrogen) atoms. The van der Waals surface area contributed by atoms with Crippen LogP contribution in [0.15, 0.2) is 4.52 Å². The van der Waals surface area contributed by atoms with Gasteiger partial charge in [0, 0.05) is 26.6 Å². The molecule has 0 spiro atoms. The van der Waals surface area contributed by atoms with E-state index in [1.54, 1.807) is 6.92 Å². The highest BCUT2D eigenvalue weighted by molar-refractivity contribution is 4.85. The van der Waals surface area contributed by atoms with Crippen molar-refractivity contribution in [2.24, 2.45) is 5.73 Å². The minimum atomic E-state index is 0.131. The van der Waals surface area contributed by atoms with Gasteiger partial charge in [0.05, 0.1) is 19.3 Å². The lowest BCUT2D eigenvalue weighted by Crippen LogP contribution is -2.45. The molecule has 0 bridgehead atoms. The smallest absolute Gasteiger partial charge is 0.223 e. The number of hydrogen-bond donors (Lipinski definition) is 1. The summed E-state index contributed by atoms with van der Waals surface area (Å²) in [6, 6.07) is 0. The molecule has 0 saturated carbocycles. The first-order valence-corrected chi connectivity index (χ1v) is 5.11. The molecule has 0 aliphatic carbocycles. The molecular formula is C9H16N4O2. The molecule has 2 rings (SSSR count). The maximum atomic E-state index is 5.56. The number of morpholine rings is 1. The van der Waals surface area contributed by atoms with Crippen molar-refractivity contribution in [1.29, 1.82) is 0 Å². The summed E-state index contributed by atoms with van der Waals surface area (Å²) in [7, 11) is 0. The van der Waals surface area contributed by atoms with E-state index in [4.69, 9.17) is 15.0 Å². The molecule has 1 aromatic rings. The van der Waals surface area contributed by atoms with Crippen molar-refractivity contribution in [3.63, 3.8) is 0 Å². The molecule has 1 saturated heterocycles. The average Bonchev–Trinajstić information content (AvgIpc) is 2.64. The third-order valence-corrected chi connectivity index (χ3v) is 2.42. The maximum Gasteiger partial charge on any atom is 0.223 e. The van der Waals surface area contributed by atoms with Crippen LogP contribution in [0, 0.1) is 6.92 Å². The van der Waals surface area contributed by atoms with Gasteiger partial charge >= 0.3 is 0 Å². The van der Waals surface area contributed by atoms with Gasteiger partial charge in [0.1, 0.15) is 0 Å². The predicted molar refractivity (Wildman–Crippen MR) is 53.1 cm³/mol. The molecule has 1 fully saturated rings. The minimum Gasteiger partial charge on any atom is -0.374 e. The molecule has 0 aromatic carbocycles. The Balaban J connectivity index is 1.88. The Morgan fingerprint density at radius 3 is 3.13 bits per heavy atom. The Morgan fingerprint density at radius 1 is 1.60 bits per heavy atom. The molecule has 0 amide bonds. The summed E-state index contributed by atoms with van der Waals surface area (Å²) in [5, 5.41) is 3.86. The zero-order valence-corrected chi connectivity index (χ0v) is 8.85. The van der Waals surface area contributed by atoms with Gasteiger partial charge in [-0.3, -0.25) is 4.90 Å². The first kappa shape index (κ1) is 10.5. The van der Waals surface area contributed by atoms with Crippen LogP contribution >= 0.6 is 0 Å². The number of ether oxygens (including phenoxy) is 1. The summed E-state index contributed by atoms with van der Waals surface area (Å²) >= 11 is 0. The lowest BCUT2D eigenvalue weighted by molar-refractivity contribution is -0.0269. The van der Waals surface area contributed by atoms with Crippen LogP contribution in [0.2, 0.25) is 0 Å². The summed E-state index contributed by atoms with van der Waals surface area (Å²) in [5.41, 5.74) is 5.56. The van der Waals surface area contributed by atoms with Gasteiger partial charge in [-0.1, -0.05) is 5.16 Å². The second kappa shape index (κ2) is 4.69. The Morgan fingerprint density at radius 2 is 2.47 bits per heavy atom. The van der Waals surface area contributed by atoms with Crippen molar-refractivity contribution in [3.05, 3.63) is 11.7 Å². The van der Waals surface area contributed by atoms with Gasteiger partial charge in [0.2, 0.25) is 5.89 Å². The highest BCUT2D eigenvalue weighted by atomic mass is 16.5. The van der Waals surface area contributed by atoms with Crippen LogP contribution in [0.1, 0.15) is 11.7 Å². The second-order valence-corrected chi connectivity index (χ2v) is 3.69. The number of aromatic nitrogens is 2. The fraction of sp³-hybridized carbons (Fsp3) is 0.778. The van der Waals surface area contributed by atoms with Gasteiger partial charge in [-0.15, -0.1) is 0 Å². The van der Waals surface area contributed by atoms with Crippen LogP contribution in [0.3, 0.4) is 0 Å². The Labute approximate surface area is 88.4 Å². The molecular weight excluding hydrogens is 196 g/mol. The maximum absolute atomic E-state index is 5.56. The highest BCUT2D eigenvalue weighted by Gasteiger charge is 2.20. The van der Waals surface area contributed by atoms with Gasteiger partial charge in [-0.05, 0) is 0 Å². The van der Waals surface area contributed by atoms with E-state index >= 15 is 0 Å². The summed E-state index contributed by atoms with van der Waals surface area (Å²) in [5.74, 6) is 1.33. The Bertz CT molecular complexity index is 315. The number of nitrogens with zero attached hydrogens (tertiary/aromatic N) is 3. The predicted octanol–water partition coefficient (Wildman–Crippen LogP) is -0.462. The molecule has 2 N–H and O–H groups in total. The van der Waals surface area contributed by atoms with Gasteiger partial charge in [-0.25, -0.2) is 0 Å². The Kier molecular flexibility index (Phi) is 3.30. The molecule has 1 atom stereocenters. The topological polar surface area (TPSA) is 77.4 Å². The van der Waals surface area contributed by atoms with E-state index in [1.807, 2.05) is 0 Å². The molecule has 1 aromatic heterocycles. The van der Waals surface area contributed by atoms with Crippen LogP contribution in [0.5, 0.6) is 0 Å². The molecule has 1 aliphatic heterocycles. The van der Waals surface area contributed by atoms with Gasteiger partial charge in [0.25, 0.3) is 0 Å². The van der Waals surface area contributed by atoms with Crippen molar-refractivity contribution in [3.8, 4) is 0 Å². The van der Waals surface area contributed by atoms with E-state index < -0.39 is 0 Å². The van der Waals surface area contributed by atoms with E-state index in [-0.39, 0.29) is 6.10 Å². The summed E-state index contributed by atoms with van der Waals surface area (Å²) in [6.45, 7) is 5.50. The van der Waals surface area contributed by atoms with Crippen molar-refractivity contribution < 1.29 is 9.26 Å². The minimum absolute atomic E-state index is 0.131. The quantitative estimate of drug-likeness (QED) is 0.730. The van der Waals surface area contributed by atoms with Crippen LogP contribution in [0.4, 0.5) is 0 Å². The highest BCUT2D eigenvalue weighted by Crippen LogP contribution is 2.07. The first-order valence-electron chi connectivity index (χ1n) is 5.11. The zero-order chi connectivity index (χ0) is 10.7. The van der Waals surface area contributed by atoms with Crippen molar-refractivity contribution in [2.75, 3.05) is 26.2 Å². The number of aryl methyl sites for hydroxylation is 1. The van der Waals surface area contributed by atoms with E-state index in [2.05, 4.69) is 15.0 Å². The number of nitrogens with two attached hydrogens (primary N) is 1. The molecule has 6 heteroatoms. The summed E-state index contributed by atoms with van der Waals surface area (Å²) in [4.78, 5) is 6.39. The molecule has 1 unspecified atom stereocenters. The third kappa shape index (κ3) is 2.74. The van der Waals surface area contributed by atoms with Crippen molar-refractivity contribution in [2.45, 2.75) is 19.6 Å². The standard InChI is InChI=1S/C9H16N4O2/c1-7-11-9(12-15-7)6-13-2-3-14-8(4-10)5-13/h8H,2-6,10H2,1H3.